The van der Waals surface area contributed by atoms with Gasteiger partial charge in [0.05, 0.1) is 6.54 Å². The number of amides is 3. The molecule has 158 valence electrons. The number of Topliss-reactive ketones (excluding diaryl/α,β-unsaturated/α-hetero) is 1. The normalized spacial score (nSPS) is 18.8. The molecule has 1 heterocycles. The van der Waals surface area contributed by atoms with Crippen molar-refractivity contribution in [2.75, 3.05) is 6.54 Å². The summed E-state index contributed by atoms with van der Waals surface area (Å²) in [6.07, 6.45) is 0. The van der Waals surface area contributed by atoms with Crippen LogP contribution < -0.4 is 10.1 Å². The summed E-state index contributed by atoms with van der Waals surface area (Å²) in [6.45, 7) is 2.22. The quantitative estimate of drug-likeness (QED) is 0.546. The van der Waals surface area contributed by atoms with Crippen molar-refractivity contribution >= 4 is 17.7 Å². The first-order chi connectivity index (χ1) is 14.1. The predicted molar refractivity (Wildman–Crippen MR) is 106 cm³/mol. The number of alkyl halides is 2. The van der Waals surface area contributed by atoms with E-state index >= 15 is 0 Å². The third kappa shape index (κ3) is 4.17. The van der Waals surface area contributed by atoms with Crippen LogP contribution in [0.2, 0.25) is 0 Å². The number of halogens is 2. The average Bonchev–Trinajstić information content (AvgIpc) is 2.92. The number of rotatable bonds is 7. The lowest BCUT2D eigenvalue weighted by atomic mass is 9.92. The number of carbonyl (C=O) groups excluding carboxylic acids is 3. The number of hydrogen-bond donors (Lipinski definition) is 1. The van der Waals surface area contributed by atoms with E-state index in [-0.39, 0.29) is 11.5 Å². The van der Waals surface area contributed by atoms with Gasteiger partial charge in [-0.2, -0.15) is 8.78 Å². The topological polar surface area (TPSA) is 75.7 Å². The lowest BCUT2D eigenvalue weighted by Crippen LogP contribution is -2.41. The SMILES string of the molecule is CC(C)c1ccc(C(=O)CN2C(=O)NC(C)(c3ccc(OC(F)F)cc3)C2=O)cc1. The molecule has 1 aliphatic heterocycles. The second-order valence-corrected chi connectivity index (χ2v) is 7.55. The van der Waals surface area contributed by atoms with Gasteiger partial charge < -0.3 is 10.1 Å². The van der Waals surface area contributed by atoms with Crippen LogP contribution >= 0.6 is 0 Å². The first kappa shape index (κ1) is 21.4. The number of benzene rings is 2. The van der Waals surface area contributed by atoms with Gasteiger partial charge in [-0.1, -0.05) is 50.2 Å². The van der Waals surface area contributed by atoms with Gasteiger partial charge in [0.1, 0.15) is 11.3 Å². The molecular formula is C22H22F2N2O4. The maximum atomic E-state index is 13.0. The van der Waals surface area contributed by atoms with Crippen LogP contribution in [-0.2, 0) is 10.3 Å². The Hall–Kier alpha value is -3.29. The number of carbonyl (C=O) groups is 3. The predicted octanol–water partition coefficient (Wildman–Crippen LogP) is 4.06. The van der Waals surface area contributed by atoms with E-state index in [1.807, 2.05) is 26.0 Å². The summed E-state index contributed by atoms with van der Waals surface area (Å²) in [4.78, 5) is 38.8. The van der Waals surface area contributed by atoms with Crippen molar-refractivity contribution in [1.29, 1.82) is 0 Å². The summed E-state index contributed by atoms with van der Waals surface area (Å²) < 4.78 is 28.9. The zero-order valence-corrected chi connectivity index (χ0v) is 16.8. The Morgan fingerprint density at radius 2 is 1.67 bits per heavy atom. The number of hydrogen-bond acceptors (Lipinski definition) is 4. The largest absolute Gasteiger partial charge is 0.435 e. The zero-order valence-electron chi connectivity index (χ0n) is 16.8. The number of urea groups is 1. The van der Waals surface area contributed by atoms with Gasteiger partial charge in [-0.05, 0) is 36.1 Å². The van der Waals surface area contributed by atoms with Gasteiger partial charge in [-0.3, -0.25) is 14.5 Å². The van der Waals surface area contributed by atoms with Gasteiger partial charge in [-0.15, -0.1) is 0 Å². The minimum Gasteiger partial charge on any atom is -0.435 e. The van der Waals surface area contributed by atoms with E-state index in [0.717, 1.165) is 10.5 Å². The fourth-order valence-corrected chi connectivity index (χ4v) is 3.29. The summed E-state index contributed by atoms with van der Waals surface area (Å²) in [5, 5.41) is 2.58. The molecule has 0 bridgehead atoms. The van der Waals surface area contributed by atoms with E-state index in [9.17, 15) is 23.2 Å². The summed E-state index contributed by atoms with van der Waals surface area (Å²) in [5.74, 6) is -0.704. The summed E-state index contributed by atoms with van der Waals surface area (Å²) in [7, 11) is 0. The Balaban J connectivity index is 1.75. The summed E-state index contributed by atoms with van der Waals surface area (Å²) >= 11 is 0. The van der Waals surface area contributed by atoms with Crippen LogP contribution in [0.5, 0.6) is 5.75 Å². The Kier molecular flexibility index (Phi) is 5.87. The molecule has 0 spiro atoms. The molecule has 1 saturated heterocycles. The molecule has 6 nitrogen and oxygen atoms in total. The fraction of sp³-hybridized carbons (Fsp3) is 0.318. The van der Waals surface area contributed by atoms with Crippen molar-refractivity contribution in [1.82, 2.24) is 10.2 Å². The third-order valence-electron chi connectivity index (χ3n) is 5.13. The van der Waals surface area contributed by atoms with Crippen molar-refractivity contribution in [3.8, 4) is 5.75 Å². The van der Waals surface area contributed by atoms with Crippen LogP contribution in [0, 0.1) is 0 Å². The molecular weight excluding hydrogens is 394 g/mol. The van der Waals surface area contributed by atoms with Crippen LogP contribution in [0.1, 0.15) is 48.2 Å². The van der Waals surface area contributed by atoms with Crippen LogP contribution in [0.15, 0.2) is 48.5 Å². The molecule has 1 N–H and O–H groups in total. The maximum absolute atomic E-state index is 13.0. The lowest BCUT2D eigenvalue weighted by Gasteiger charge is -2.22. The molecule has 3 rings (SSSR count). The summed E-state index contributed by atoms with van der Waals surface area (Å²) in [6, 6.07) is 11.8. The van der Waals surface area contributed by atoms with Gasteiger partial charge in [0.25, 0.3) is 5.91 Å². The Labute approximate surface area is 172 Å². The minimum absolute atomic E-state index is 0.0639. The molecule has 0 saturated carbocycles. The molecule has 0 radical (unpaired) electrons. The lowest BCUT2D eigenvalue weighted by molar-refractivity contribution is -0.130. The second-order valence-electron chi connectivity index (χ2n) is 7.55. The van der Waals surface area contributed by atoms with Crippen molar-refractivity contribution in [2.45, 2.75) is 38.8 Å². The molecule has 30 heavy (non-hydrogen) atoms. The smallest absolute Gasteiger partial charge is 0.387 e. The van der Waals surface area contributed by atoms with Crippen molar-refractivity contribution in [2.24, 2.45) is 0 Å². The third-order valence-corrected chi connectivity index (χ3v) is 5.13. The Bertz CT molecular complexity index is 958. The monoisotopic (exact) mass is 416 g/mol. The van der Waals surface area contributed by atoms with Gasteiger partial charge in [0.2, 0.25) is 0 Å². The van der Waals surface area contributed by atoms with E-state index in [2.05, 4.69) is 10.1 Å². The van der Waals surface area contributed by atoms with E-state index in [4.69, 9.17) is 0 Å². The fourth-order valence-electron chi connectivity index (χ4n) is 3.29. The first-order valence-electron chi connectivity index (χ1n) is 9.44. The average molecular weight is 416 g/mol. The highest BCUT2D eigenvalue weighted by Crippen LogP contribution is 2.30. The molecule has 2 aromatic carbocycles. The minimum atomic E-state index is -2.96. The Morgan fingerprint density at radius 3 is 2.20 bits per heavy atom. The van der Waals surface area contributed by atoms with E-state index in [1.165, 1.54) is 31.2 Å². The number of ketones is 1. The van der Waals surface area contributed by atoms with Gasteiger partial charge in [-0.25, -0.2) is 4.79 Å². The van der Waals surface area contributed by atoms with Gasteiger partial charge >= 0.3 is 12.6 Å². The highest BCUT2D eigenvalue weighted by atomic mass is 19.3. The molecule has 0 aromatic heterocycles. The Morgan fingerprint density at radius 1 is 1.07 bits per heavy atom. The molecule has 1 aliphatic rings. The van der Waals surface area contributed by atoms with Crippen molar-refractivity contribution < 1.29 is 27.9 Å². The number of imide groups is 1. The molecule has 8 heteroatoms. The van der Waals surface area contributed by atoms with Crippen LogP contribution in [0.25, 0.3) is 0 Å². The van der Waals surface area contributed by atoms with E-state index in [0.29, 0.717) is 17.0 Å². The molecule has 3 amide bonds. The number of nitrogens with one attached hydrogen (secondary N) is 1. The van der Waals surface area contributed by atoms with Crippen LogP contribution in [0.4, 0.5) is 13.6 Å². The molecule has 0 aliphatic carbocycles. The number of nitrogens with zero attached hydrogens (tertiary/aromatic N) is 1. The van der Waals surface area contributed by atoms with Crippen LogP contribution in [-0.4, -0.2) is 35.8 Å². The standard InChI is InChI=1S/C22H22F2N2O4/c1-13(2)14-4-6-15(7-5-14)18(27)12-26-19(28)22(3,25-21(26)29)16-8-10-17(11-9-16)30-20(23)24/h4-11,13,20H,12H2,1-3H3,(H,25,29). The maximum Gasteiger partial charge on any atom is 0.387 e. The van der Waals surface area contributed by atoms with Crippen LogP contribution in [0.3, 0.4) is 0 Å². The zero-order chi connectivity index (χ0) is 22.1. The first-order valence-corrected chi connectivity index (χ1v) is 9.44. The highest BCUT2D eigenvalue weighted by Gasteiger charge is 2.49. The molecule has 2 aromatic rings. The molecule has 1 atom stereocenters. The van der Waals surface area contributed by atoms with Crippen molar-refractivity contribution in [3.63, 3.8) is 0 Å². The van der Waals surface area contributed by atoms with Gasteiger partial charge in [0, 0.05) is 5.56 Å². The second kappa shape index (κ2) is 8.22. The number of ether oxygens (including phenoxy) is 1. The van der Waals surface area contributed by atoms with E-state index in [1.54, 1.807) is 12.1 Å². The summed E-state index contributed by atoms with van der Waals surface area (Å²) in [5.41, 5.74) is 0.455. The van der Waals surface area contributed by atoms with Crippen molar-refractivity contribution in [3.05, 3.63) is 65.2 Å². The van der Waals surface area contributed by atoms with E-state index < -0.39 is 30.6 Å². The highest BCUT2D eigenvalue weighted by molar-refractivity contribution is 6.11. The molecule has 1 fully saturated rings. The molecule has 1 unspecified atom stereocenters. The van der Waals surface area contributed by atoms with Gasteiger partial charge in [0.15, 0.2) is 5.78 Å².